The summed E-state index contributed by atoms with van der Waals surface area (Å²) in [4.78, 5) is 32.9. The fraction of sp³-hybridized carbons (Fsp3) is 0.727. The van der Waals surface area contributed by atoms with Crippen LogP contribution in [0.2, 0.25) is 0 Å². The molecule has 0 unspecified atom stereocenters. The molecule has 0 aliphatic heterocycles. The molecule has 0 aliphatic rings. The van der Waals surface area contributed by atoms with Crippen LogP contribution in [0.1, 0.15) is 46.5 Å². The van der Waals surface area contributed by atoms with Crippen LogP contribution in [0.25, 0.3) is 0 Å². The second-order valence-electron chi connectivity index (χ2n) is 4.16. The maximum absolute atomic E-state index is 11.4. The fourth-order valence-electron chi connectivity index (χ4n) is 1.14. The molecule has 17 heavy (non-hydrogen) atoms. The first-order valence-corrected chi connectivity index (χ1v) is 5.66. The van der Waals surface area contributed by atoms with Gasteiger partial charge in [0.25, 0.3) is 0 Å². The van der Waals surface area contributed by atoms with Crippen LogP contribution in [0.3, 0.4) is 0 Å². The molecule has 6 nitrogen and oxygen atoms in total. The number of hydrogen-bond donors (Lipinski definition) is 3. The quantitative estimate of drug-likeness (QED) is 0.655. The van der Waals surface area contributed by atoms with Gasteiger partial charge in [0.15, 0.2) is 0 Å². The van der Waals surface area contributed by atoms with E-state index in [0.29, 0.717) is 0 Å². The third-order valence-corrected chi connectivity index (χ3v) is 2.79. The van der Waals surface area contributed by atoms with Gasteiger partial charge in [0.05, 0.1) is 6.42 Å². The number of carboxylic acid groups (broad SMARTS) is 1. The zero-order valence-corrected chi connectivity index (χ0v) is 10.5. The van der Waals surface area contributed by atoms with Crippen LogP contribution in [0, 0.1) is 0 Å². The summed E-state index contributed by atoms with van der Waals surface area (Å²) in [5.41, 5.74) is -0.350. The Hall–Kier alpha value is -1.59. The molecular weight excluding hydrogens is 224 g/mol. The standard InChI is InChI=1S/C11H20N2O4/c1-4-11(3,5-2)13-10(17)12-8(14)6-7-9(15)16/h4-7H2,1-3H3,(H,15,16)(H2,12,13,14,17). The van der Waals surface area contributed by atoms with E-state index in [0.717, 1.165) is 12.8 Å². The van der Waals surface area contributed by atoms with Crippen LogP contribution in [-0.2, 0) is 9.59 Å². The Morgan fingerprint density at radius 3 is 2.06 bits per heavy atom. The van der Waals surface area contributed by atoms with E-state index in [-0.39, 0.29) is 18.4 Å². The van der Waals surface area contributed by atoms with E-state index in [1.165, 1.54) is 0 Å². The van der Waals surface area contributed by atoms with Crippen molar-refractivity contribution in [2.75, 3.05) is 0 Å². The molecule has 0 fully saturated rings. The van der Waals surface area contributed by atoms with Gasteiger partial charge in [-0.05, 0) is 19.8 Å². The molecular formula is C11H20N2O4. The van der Waals surface area contributed by atoms with Crippen molar-refractivity contribution in [2.45, 2.75) is 52.0 Å². The van der Waals surface area contributed by atoms with Gasteiger partial charge in [0.2, 0.25) is 5.91 Å². The first-order chi connectivity index (χ1) is 7.83. The molecule has 3 N–H and O–H groups in total. The molecule has 6 heteroatoms. The highest BCUT2D eigenvalue weighted by Crippen LogP contribution is 2.12. The molecule has 0 heterocycles. The number of rotatable bonds is 6. The maximum Gasteiger partial charge on any atom is 0.321 e. The third-order valence-electron chi connectivity index (χ3n) is 2.79. The lowest BCUT2D eigenvalue weighted by atomic mass is 9.96. The molecule has 0 aliphatic carbocycles. The Bertz CT molecular complexity index is 298. The molecule has 98 valence electrons. The lowest BCUT2D eigenvalue weighted by molar-refractivity contribution is -0.138. The molecule has 0 bridgehead atoms. The Labute approximate surface area is 101 Å². The Morgan fingerprint density at radius 1 is 1.12 bits per heavy atom. The molecule has 0 aromatic carbocycles. The second-order valence-corrected chi connectivity index (χ2v) is 4.16. The number of carbonyl (C=O) groups is 3. The zero-order chi connectivity index (χ0) is 13.5. The molecule has 0 spiro atoms. The number of nitrogens with one attached hydrogen (secondary N) is 2. The van der Waals surface area contributed by atoms with Crippen molar-refractivity contribution in [3.05, 3.63) is 0 Å². The Kier molecular flexibility index (Phi) is 6.23. The van der Waals surface area contributed by atoms with Crippen molar-refractivity contribution in [3.63, 3.8) is 0 Å². The van der Waals surface area contributed by atoms with E-state index in [1.807, 2.05) is 20.8 Å². The van der Waals surface area contributed by atoms with Gasteiger partial charge in [0, 0.05) is 12.0 Å². The number of imide groups is 1. The van der Waals surface area contributed by atoms with E-state index in [1.54, 1.807) is 0 Å². The number of hydrogen-bond acceptors (Lipinski definition) is 3. The number of amides is 3. The van der Waals surface area contributed by atoms with E-state index in [2.05, 4.69) is 10.6 Å². The van der Waals surface area contributed by atoms with Crippen molar-refractivity contribution < 1.29 is 19.5 Å². The predicted molar refractivity (Wildman–Crippen MR) is 62.5 cm³/mol. The molecule has 0 saturated heterocycles. The van der Waals surface area contributed by atoms with Gasteiger partial charge in [-0.1, -0.05) is 13.8 Å². The van der Waals surface area contributed by atoms with Gasteiger partial charge in [-0.2, -0.15) is 0 Å². The van der Waals surface area contributed by atoms with Gasteiger partial charge in [-0.25, -0.2) is 4.79 Å². The minimum absolute atomic E-state index is 0.197. The molecule has 0 aromatic heterocycles. The lowest BCUT2D eigenvalue weighted by Gasteiger charge is -2.27. The van der Waals surface area contributed by atoms with Crippen LogP contribution < -0.4 is 10.6 Å². The molecule has 0 aromatic rings. The van der Waals surface area contributed by atoms with Crippen LogP contribution >= 0.6 is 0 Å². The summed E-state index contributed by atoms with van der Waals surface area (Å²) in [6, 6.07) is -0.577. The first-order valence-electron chi connectivity index (χ1n) is 5.66. The lowest BCUT2D eigenvalue weighted by Crippen LogP contribution is -2.50. The monoisotopic (exact) mass is 244 g/mol. The third kappa shape index (κ3) is 6.55. The normalized spacial score (nSPS) is 10.8. The minimum Gasteiger partial charge on any atom is -0.481 e. The number of aliphatic carboxylic acids is 1. The van der Waals surface area contributed by atoms with Gasteiger partial charge >= 0.3 is 12.0 Å². The van der Waals surface area contributed by atoms with Crippen LogP contribution in [0.5, 0.6) is 0 Å². The van der Waals surface area contributed by atoms with Crippen molar-refractivity contribution in [3.8, 4) is 0 Å². The fourth-order valence-corrected chi connectivity index (χ4v) is 1.14. The van der Waals surface area contributed by atoms with E-state index >= 15 is 0 Å². The minimum atomic E-state index is -1.06. The second kappa shape index (κ2) is 6.88. The van der Waals surface area contributed by atoms with Gasteiger partial charge in [0.1, 0.15) is 0 Å². The van der Waals surface area contributed by atoms with Crippen molar-refractivity contribution in [2.24, 2.45) is 0 Å². The number of carboxylic acids is 1. The van der Waals surface area contributed by atoms with Crippen molar-refractivity contribution >= 4 is 17.9 Å². The maximum atomic E-state index is 11.4. The van der Waals surface area contributed by atoms with Gasteiger partial charge in [-0.3, -0.25) is 14.9 Å². The smallest absolute Gasteiger partial charge is 0.321 e. The summed E-state index contributed by atoms with van der Waals surface area (Å²) in [5.74, 6) is -1.65. The van der Waals surface area contributed by atoms with Crippen LogP contribution in [0.15, 0.2) is 0 Å². The molecule has 0 atom stereocenters. The largest absolute Gasteiger partial charge is 0.481 e. The summed E-state index contributed by atoms with van der Waals surface area (Å²) in [5, 5.41) is 13.2. The summed E-state index contributed by atoms with van der Waals surface area (Å²) in [6.07, 6.45) is 1.02. The predicted octanol–water partition coefficient (Wildman–Crippen LogP) is 1.26. The van der Waals surface area contributed by atoms with Crippen LogP contribution in [-0.4, -0.2) is 28.6 Å². The average Bonchev–Trinajstić information content (AvgIpc) is 2.26. The van der Waals surface area contributed by atoms with Crippen molar-refractivity contribution in [1.82, 2.24) is 10.6 Å². The van der Waals surface area contributed by atoms with E-state index < -0.39 is 17.9 Å². The van der Waals surface area contributed by atoms with E-state index in [9.17, 15) is 14.4 Å². The molecule has 3 amide bonds. The molecule has 0 saturated carbocycles. The summed E-state index contributed by atoms with van der Waals surface area (Å²) < 4.78 is 0. The molecule has 0 radical (unpaired) electrons. The SMILES string of the molecule is CCC(C)(CC)NC(=O)NC(=O)CCC(=O)O. The number of carbonyl (C=O) groups excluding carboxylic acids is 2. The van der Waals surface area contributed by atoms with Gasteiger partial charge < -0.3 is 10.4 Å². The molecule has 0 rings (SSSR count). The topological polar surface area (TPSA) is 95.5 Å². The highest BCUT2D eigenvalue weighted by atomic mass is 16.4. The highest BCUT2D eigenvalue weighted by Gasteiger charge is 2.22. The van der Waals surface area contributed by atoms with Gasteiger partial charge in [-0.15, -0.1) is 0 Å². The van der Waals surface area contributed by atoms with Crippen molar-refractivity contribution in [1.29, 1.82) is 0 Å². The first kappa shape index (κ1) is 15.4. The summed E-state index contributed by atoms with van der Waals surface area (Å²) in [6.45, 7) is 5.76. The van der Waals surface area contributed by atoms with E-state index in [4.69, 9.17) is 5.11 Å². The number of urea groups is 1. The average molecular weight is 244 g/mol. The Morgan fingerprint density at radius 2 is 1.65 bits per heavy atom. The van der Waals surface area contributed by atoms with Crippen LogP contribution in [0.4, 0.5) is 4.79 Å². The summed E-state index contributed by atoms with van der Waals surface area (Å²) in [7, 11) is 0. The zero-order valence-electron chi connectivity index (χ0n) is 10.5. The Balaban J connectivity index is 4.09. The highest BCUT2D eigenvalue weighted by molar-refractivity contribution is 5.95. The summed E-state index contributed by atoms with van der Waals surface area (Å²) >= 11 is 0.